The second-order valence-corrected chi connectivity index (χ2v) is 10.5. The van der Waals surface area contributed by atoms with Gasteiger partial charge in [0.2, 0.25) is 11.8 Å². The summed E-state index contributed by atoms with van der Waals surface area (Å²) in [6.45, 7) is 12.7. The highest BCUT2D eigenvalue weighted by Gasteiger charge is 2.23. The van der Waals surface area contributed by atoms with Crippen molar-refractivity contribution in [2.24, 2.45) is 17.8 Å². The predicted molar refractivity (Wildman–Crippen MR) is 134 cm³/mol. The van der Waals surface area contributed by atoms with Crippen LogP contribution in [0.25, 0.3) is 10.9 Å². The lowest BCUT2D eigenvalue weighted by atomic mass is 9.92. The summed E-state index contributed by atoms with van der Waals surface area (Å²) in [7, 11) is 0. The first-order chi connectivity index (χ1) is 15.8. The summed E-state index contributed by atoms with van der Waals surface area (Å²) in [4.78, 5) is 34.1. The number of amides is 2. The van der Waals surface area contributed by atoms with Gasteiger partial charge < -0.3 is 15.1 Å². The van der Waals surface area contributed by atoms with Gasteiger partial charge in [-0.15, -0.1) is 0 Å². The molecule has 0 radical (unpaired) electrons. The van der Waals surface area contributed by atoms with Gasteiger partial charge in [-0.3, -0.25) is 9.59 Å². The minimum atomic E-state index is -0.119. The Morgan fingerprint density at radius 3 is 2.39 bits per heavy atom. The van der Waals surface area contributed by atoms with Crippen LogP contribution in [0, 0.1) is 24.7 Å². The first-order valence-electron chi connectivity index (χ1n) is 12.5. The molecule has 1 N–H and O–H groups in total. The molecule has 178 valence electrons. The Morgan fingerprint density at radius 1 is 1.00 bits per heavy atom. The number of carbonyl (C=O) groups excluding carboxylic acids is 2. The van der Waals surface area contributed by atoms with Gasteiger partial charge >= 0.3 is 0 Å². The minimum absolute atomic E-state index is 0.0875. The van der Waals surface area contributed by atoms with Crippen LogP contribution in [0.15, 0.2) is 24.3 Å². The van der Waals surface area contributed by atoms with E-state index in [1.165, 1.54) is 6.42 Å². The molecule has 0 spiro atoms. The summed E-state index contributed by atoms with van der Waals surface area (Å²) >= 11 is 0. The molecule has 2 atom stereocenters. The summed E-state index contributed by atoms with van der Waals surface area (Å²) in [6, 6.07) is 8.05. The number of nitrogens with one attached hydrogen (secondary N) is 1. The molecule has 33 heavy (non-hydrogen) atoms. The molecule has 0 aliphatic carbocycles. The molecule has 3 heterocycles. The zero-order valence-corrected chi connectivity index (χ0v) is 20.6. The lowest BCUT2D eigenvalue weighted by Crippen LogP contribution is -2.39. The van der Waals surface area contributed by atoms with Crippen molar-refractivity contribution in [3.63, 3.8) is 0 Å². The molecule has 4 rings (SSSR count). The van der Waals surface area contributed by atoms with Crippen molar-refractivity contribution in [3.05, 3.63) is 29.8 Å². The quantitative estimate of drug-likeness (QED) is 0.696. The zero-order chi connectivity index (χ0) is 23.5. The van der Waals surface area contributed by atoms with Gasteiger partial charge in [-0.05, 0) is 73.8 Å². The second kappa shape index (κ2) is 10.1. The van der Waals surface area contributed by atoms with Gasteiger partial charge in [0.05, 0.1) is 5.52 Å². The smallest absolute Gasteiger partial charge is 0.224 e. The molecule has 1 aromatic carbocycles. The zero-order valence-electron chi connectivity index (χ0n) is 20.6. The highest BCUT2D eigenvalue weighted by atomic mass is 16.2. The molecule has 0 bridgehead atoms. The molecule has 2 aliphatic rings. The molecule has 2 saturated heterocycles. The van der Waals surface area contributed by atoms with Crippen molar-refractivity contribution in [2.75, 3.05) is 36.4 Å². The van der Waals surface area contributed by atoms with E-state index in [2.05, 4.69) is 44.0 Å². The average Bonchev–Trinajstić information content (AvgIpc) is 2.77. The lowest BCUT2D eigenvalue weighted by Gasteiger charge is -2.36. The standard InChI is InChI=1S/C27H38N4O2/c1-18-9-11-30(12-10-18)27(33)8-7-26(32)28-22-5-6-24-23(15-22)21(4)14-25(29-24)31-16-19(2)13-20(3)17-31/h5-6,14-15,18-20H,7-13,16-17H2,1-4H3,(H,28,32)/t19-,20-/m0/s1. The summed E-state index contributed by atoms with van der Waals surface area (Å²) in [5.74, 6) is 3.05. The summed E-state index contributed by atoms with van der Waals surface area (Å²) in [5.41, 5.74) is 2.86. The topological polar surface area (TPSA) is 65.5 Å². The summed E-state index contributed by atoms with van der Waals surface area (Å²) in [6.07, 6.45) is 3.86. The first-order valence-corrected chi connectivity index (χ1v) is 12.5. The summed E-state index contributed by atoms with van der Waals surface area (Å²) in [5, 5.41) is 4.02. The van der Waals surface area contributed by atoms with Crippen LogP contribution in [-0.2, 0) is 9.59 Å². The van der Waals surface area contributed by atoms with Crippen LogP contribution in [0.5, 0.6) is 0 Å². The van der Waals surface area contributed by atoms with Gasteiger partial charge in [-0.2, -0.15) is 0 Å². The second-order valence-electron chi connectivity index (χ2n) is 10.5. The molecule has 2 aliphatic heterocycles. The van der Waals surface area contributed by atoms with Crippen molar-refractivity contribution >= 4 is 34.2 Å². The monoisotopic (exact) mass is 450 g/mol. The van der Waals surface area contributed by atoms with Gasteiger partial charge in [0.1, 0.15) is 5.82 Å². The van der Waals surface area contributed by atoms with Crippen LogP contribution < -0.4 is 10.2 Å². The first kappa shape index (κ1) is 23.5. The molecule has 1 aromatic heterocycles. The fraction of sp³-hybridized carbons (Fsp3) is 0.593. The Labute approximate surface area is 197 Å². The number of aryl methyl sites for hydroxylation is 1. The number of pyridine rings is 1. The van der Waals surface area contributed by atoms with Crippen LogP contribution in [0.3, 0.4) is 0 Å². The third-order valence-electron chi connectivity index (χ3n) is 7.18. The number of hydrogen-bond donors (Lipinski definition) is 1. The van der Waals surface area contributed by atoms with E-state index in [0.717, 1.165) is 67.0 Å². The summed E-state index contributed by atoms with van der Waals surface area (Å²) < 4.78 is 0. The number of likely N-dealkylation sites (tertiary alicyclic amines) is 1. The van der Waals surface area contributed by atoms with E-state index in [9.17, 15) is 9.59 Å². The van der Waals surface area contributed by atoms with Crippen LogP contribution in [0.2, 0.25) is 0 Å². The van der Waals surface area contributed by atoms with Gasteiger partial charge in [0, 0.05) is 50.1 Å². The maximum atomic E-state index is 12.5. The fourth-order valence-corrected chi connectivity index (χ4v) is 5.33. The van der Waals surface area contributed by atoms with Crippen LogP contribution in [0.1, 0.15) is 58.4 Å². The number of piperidine rings is 2. The molecular formula is C27H38N4O2. The largest absolute Gasteiger partial charge is 0.356 e. The normalized spacial score (nSPS) is 21.9. The van der Waals surface area contributed by atoms with Crippen LogP contribution in [-0.4, -0.2) is 47.9 Å². The Morgan fingerprint density at radius 2 is 1.70 bits per heavy atom. The van der Waals surface area contributed by atoms with Crippen molar-refractivity contribution in [3.8, 4) is 0 Å². The van der Waals surface area contributed by atoms with E-state index in [1.807, 2.05) is 23.1 Å². The van der Waals surface area contributed by atoms with E-state index in [1.54, 1.807) is 0 Å². The van der Waals surface area contributed by atoms with Gasteiger partial charge in [-0.25, -0.2) is 4.98 Å². The number of fused-ring (bicyclic) bond motifs is 1. The minimum Gasteiger partial charge on any atom is -0.356 e. The number of benzene rings is 1. The Balaban J connectivity index is 1.38. The predicted octanol–water partition coefficient (Wildman–Crippen LogP) is 5.00. The third kappa shape index (κ3) is 5.84. The molecule has 2 amide bonds. The highest BCUT2D eigenvalue weighted by Crippen LogP contribution is 2.29. The maximum absolute atomic E-state index is 12.5. The van der Waals surface area contributed by atoms with Crippen molar-refractivity contribution < 1.29 is 9.59 Å². The number of rotatable bonds is 5. The third-order valence-corrected chi connectivity index (χ3v) is 7.18. The van der Waals surface area contributed by atoms with Crippen LogP contribution >= 0.6 is 0 Å². The number of carbonyl (C=O) groups is 2. The lowest BCUT2D eigenvalue weighted by molar-refractivity contribution is -0.134. The van der Waals surface area contributed by atoms with Crippen LogP contribution in [0.4, 0.5) is 11.5 Å². The van der Waals surface area contributed by atoms with Crippen molar-refractivity contribution in [1.82, 2.24) is 9.88 Å². The molecular weight excluding hydrogens is 412 g/mol. The molecule has 6 nitrogen and oxygen atoms in total. The Kier molecular flexibility index (Phi) is 7.20. The maximum Gasteiger partial charge on any atom is 0.224 e. The van der Waals surface area contributed by atoms with Gasteiger partial charge in [0.25, 0.3) is 0 Å². The number of hydrogen-bond acceptors (Lipinski definition) is 4. The molecule has 0 unspecified atom stereocenters. The van der Waals surface area contributed by atoms with Crippen molar-refractivity contribution in [2.45, 2.75) is 59.8 Å². The number of nitrogens with zero attached hydrogens (tertiary/aromatic N) is 3. The number of anilines is 2. The van der Waals surface area contributed by atoms with Gasteiger partial charge in [-0.1, -0.05) is 20.8 Å². The fourth-order valence-electron chi connectivity index (χ4n) is 5.33. The van der Waals surface area contributed by atoms with E-state index in [0.29, 0.717) is 17.8 Å². The molecule has 2 fully saturated rings. The van der Waals surface area contributed by atoms with Gasteiger partial charge in [0.15, 0.2) is 0 Å². The van der Waals surface area contributed by atoms with E-state index >= 15 is 0 Å². The van der Waals surface area contributed by atoms with E-state index < -0.39 is 0 Å². The SMILES string of the molecule is Cc1cc(N2C[C@@H](C)C[C@H](C)C2)nc2ccc(NC(=O)CCC(=O)N3CCC(C)CC3)cc12. The van der Waals surface area contributed by atoms with Crippen molar-refractivity contribution in [1.29, 1.82) is 0 Å². The Hall–Kier alpha value is -2.63. The average molecular weight is 451 g/mol. The van der Waals surface area contributed by atoms with E-state index in [4.69, 9.17) is 4.98 Å². The highest BCUT2D eigenvalue weighted by molar-refractivity contribution is 5.96. The molecule has 0 saturated carbocycles. The van der Waals surface area contributed by atoms with E-state index in [-0.39, 0.29) is 24.7 Å². The molecule has 6 heteroatoms. The Bertz CT molecular complexity index is 1000. The number of aromatic nitrogens is 1. The molecule has 2 aromatic rings.